The number of rotatable bonds is 4. The van der Waals surface area contributed by atoms with E-state index in [1.54, 1.807) is 11.5 Å². The maximum atomic E-state index is 12.4. The van der Waals surface area contributed by atoms with Crippen LogP contribution in [-0.4, -0.2) is 21.5 Å². The standard InChI is InChI=1S/C19H25N3O2/c1-14-19(24)22(17-11-7-6-10-16(17)20-14)13-12-18(23)21-15-8-4-2-3-5-9-15/h6-7,10-11,15H,2-5,8-9,12-13H2,1H3,(H,21,23). The van der Waals surface area contributed by atoms with Gasteiger partial charge < -0.3 is 9.88 Å². The SMILES string of the molecule is Cc1nc2ccccc2n(CCC(=O)NC2CCCCCC2)c1=O. The Morgan fingerprint density at radius 2 is 1.92 bits per heavy atom. The van der Waals surface area contributed by atoms with E-state index in [1.807, 2.05) is 24.3 Å². The molecule has 1 aromatic heterocycles. The summed E-state index contributed by atoms with van der Waals surface area (Å²) in [5.74, 6) is 0.0346. The van der Waals surface area contributed by atoms with Crippen molar-refractivity contribution in [2.75, 3.05) is 0 Å². The van der Waals surface area contributed by atoms with E-state index in [-0.39, 0.29) is 11.5 Å². The summed E-state index contributed by atoms with van der Waals surface area (Å²) in [5, 5.41) is 3.14. The number of hydrogen-bond donors (Lipinski definition) is 1. The number of aromatic nitrogens is 2. The Bertz CT molecular complexity index is 774. The molecule has 0 saturated heterocycles. The number of amides is 1. The summed E-state index contributed by atoms with van der Waals surface area (Å²) in [6.45, 7) is 2.11. The number of para-hydroxylation sites is 2. The van der Waals surface area contributed by atoms with Crippen LogP contribution in [-0.2, 0) is 11.3 Å². The van der Waals surface area contributed by atoms with Crippen LogP contribution in [0.1, 0.15) is 50.6 Å². The van der Waals surface area contributed by atoms with E-state index in [9.17, 15) is 9.59 Å². The van der Waals surface area contributed by atoms with Gasteiger partial charge in [0.05, 0.1) is 11.0 Å². The average molecular weight is 327 g/mol. The minimum absolute atomic E-state index is 0.0346. The zero-order valence-electron chi connectivity index (χ0n) is 14.3. The van der Waals surface area contributed by atoms with Gasteiger partial charge in [-0.1, -0.05) is 37.8 Å². The summed E-state index contributed by atoms with van der Waals surface area (Å²) in [7, 11) is 0. The highest BCUT2D eigenvalue weighted by Crippen LogP contribution is 2.17. The molecule has 1 N–H and O–H groups in total. The van der Waals surface area contributed by atoms with Crippen molar-refractivity contribution < 1.29 is 4.79 Å². The van der Waals surface area contributed by atoms with Crippen molar-refractivity contribution in [3.63, 3.8) is 0 Å². The van der Waals surface area contributed by atoms with Crippen molar-refractivity contribution in [3.8, 4) is 0 Å². The Morgan fingerprint density at radius 1 is 1.21 bits per heavy atom. The van der Waals surface area contributed by atoms with Crippen molar-refractivity contribution in [2.45, 2.75) is 64.5 Å². The lowest BCUT2D eigenvalue weighted by Crippen LogP contribution is -2.35. The predicted octanol–water partition coefficient (Wildman–Crippen LogP) is 2.93. The molecule has 1 amide bonds. The number of nitrogens with one attached hydrogen (secondary N) is 1. The molecular formula is C19H25N3O2. The van der Waals surface area contributed by atoms with Crippen molar-refractivity contribution in [2.24, 2.45) is 0 Å². The van der Waals surface area contributed by atoms with Crippen LogP contribution >= 0.6 is 0 Å². The van der Waals surface area contributed by atoms with Crippen LogP contribution in [0.5, 0.6) is 0 Å². The molecule has 128 valence electrons. The van der Waals surface area contributed by atoms with E-state index >= 15 is 0 Å². The number of carbonyl (C=O) groups excluding carboxylic acids is 1. The van der Waals surface area contributed by atoms with Crippen LogP contribution in [0.4, 0.5) is 0 Å². The topological polar surface area (TPSA) is 64.0 Å². The van der Waals surface area contributed by atoms with E-state index in [0.717, 1.165) is 23.9 Å². The minimum Gasteiger partial charge on any atom is -0.353 e. The molecule has 0 radical (unpaired) electrons. The third kappa shape index (κ3) is 3.83. The lowest BCUT2D eigenvalue weighted by molar-refractivity contribution is -0.122. The third-order valence-electron chi connectivity index (χ3n) is 4.80. The van der Waals surface area contributed by atoms with Gasteiger partial charge in [0.2, 0.25) is 5.91 Å². The average Bonchev–Trinajstić information content (AvgIpc) is 2.84. The van der Waals surface area contributed by atoms with Gasteiger partial charge in [-0.05, 0) is 31.9 Å². The second-order valence-corrected chi connectivity index (χ2v) is 6.65. The fourth-order valence-electron chi connectivity index (χ4n) is 3.48. The summed E-state index contributed by atoms with van der Waals surface area (Å²) >= 11 is 0. The van der Waals surface area contributed by atoms with Crippen molar-refractivity contribution in [1.82, 2.24) is 14.9 Å². The number of fused-ring (bicyclic) bond motifs is 1. The molecular weight excluding hydrogens is 302 g/mol. The zero-order valence-corrected chi connectivity index (χ0v) is 14.3. The summed E-state index contributed by atoms with van der Waals surface area (Å²) < 4.78 is 1.67. The first-order valence-electron chi connectivity index (χ1n) is 8.90. The fraction of sp³-hybridized carbons (Fsp3) is 0.526. The largest absolute Gasteiger partial charge is 0.353 e. The highest BCUT2D eigenvalue weighted by molar-refractivity contribution is 5.77. The third-order valence-corrected chi connectivity index (χ3v) is 4.80. The molecule has 0 unspecified atom stereocenters. The summed E-state index contributed by atoms with van der Waals surface area (Å²) in [4.78, 5) is 29.0. The maximum absolute atomic E-state index is 12.4. The predicted molar refractivity (Wildman–Crippen MR) is 95.0 cm³/mol. The smallest absolute Gasteiger partial charge is 0.272 e. The summed E-state index contributed by atoms with van der Waals surface area (Å²) in [5.41, 5.74) is 1.93. The molecule has 2 aromatic rings. The fourth-order valence-corrected chi connectivity index (χ4v) is 3.48. The molecule has 0 spiro atoms. The van der Waals surface area contributed by atoms with E-state index in [2.05, 4.69) is 10.3 Å². The quantitative estimate of drug-likeness (QED) is 0.878. The highest BCUT2D eigenvalue weighted by atomic mass is 16.2. The van der Waals surface area contributed by atoms with E-state index in [1.165, 1.54) is 25.7 Å². The van der Waals surface area contributed by atoms with Crippen molar-refractivity contribution >= 4 is 16.9 Å². The maximum Gasteiger partial charge on any atom is 0.272 e. The Kier molecular flexibility index (Phi) is 5.28. The lowest BCUT2D eigenvalue weighted by atomic mass is 10.1. The van der Waals surface area contributed by atoms with Crippen LogP contribution in [0.2, 0.25) is 0 Å². The van der Waals surface area contributed by atoms with Gasteiger partial charge in [0.1, 0.15) is 5.69 Å². The van der Waals surface area contributed by atoms with Crippen LogP contribution in [0.3, 0.4) is 0 Å². The number of benzene rings is 1. The molecule has 1 fully saturated rings. The van der Waals surface area contributed by atoms with Gasteiger partial charge in [-0.2, -0.15) is 0 Å². The first kappa shape index (κ1) is 16.7. The van der Waals surface area contributed by atoms with Crippen molar-refractivity contribution in [3.05, 3.63) is 40.3 Å². The molecule has 0 atom stereocenters. The van der Waals surface area contributed by atoms with Crippen LogP contribution < -0.4 is 10.9 Å². The second kappa shape index (κ2) is 7.60. The number of nitrogens with zero attached hydrogens (tertiary/aromatic N) is 2. The van der Waals surface area contributed by atoms with E-state index < -0.39 is 0 Å². The minimum atomic E-state index is -0.115. The van der Waals surface area contributed by atoms with Gasteiger partial charge in [0, 0.05) is 19.0 Å². The monoisotopic (exact) mass is 327 g/mol. The Hall–Kier alpha value is -2.17. The van der Waals surface area contributed by atoms with Crippen LogP contribution in [0, 0.1) is 6.92 Å². The summed E-state index contributed by atoms with van der Waals surface area (Å²) in [6, 6.07) is 7.87. The summed E-state index contributed by atoms with van der Waals surface area (Å²) in [6.07, 6.45) is 7.39. The van der Waals surface area contributed by atoms with Crippen LogP contribution in [0.25, 0.3) is 11.0 Å². The molecule has 1 aliphatic rings. The molecule has 1 heterocycles. The molecule has 5 nitrogen and oxygen atoms in total. The molecule has 5 heteroatoms. The normalized spacial score (nSPS) is 16.0. The van der Waals surface area contributed by atoms with E-state index in [4.69, 9.17) is 0 Å². The van der Waals surface area contributed by atoms with Gasteiger partial charge >= 0.3 is 0 Å². The lowest BCUT2D eigenvalue weighted by Gasteiger charge is -2.17. The number of aryl methyl sites for hydroxylation is 2. The van der Waals surface area contributed by atoms with Gasteiger partial charge in [0.25, 0.3) is 5.56 Å². The second-order valence-electron chi connectivity index (χ2n) is 6.65. The number of carbonyl (C=O) groups is 1. The van der Waals surface area contributed by atoms with Crippen molar-refractivity contribution in [1.29, 1.82) is 0 Å². The Labute approximate surface area is 142 Å². The van der Waals surface area contributed by atoms with Gasteiger partial charge in [-0.25, -0.2) is 4.98 Å². The molecule has 3 rings (SSSR count). The molecule has 1 aromatic carbocycles. The zero-order chi connectivity index (χ0) is 16.9. The molecule has 24 heavy (non-hydrogen) atoms. The van der Waals surface area contributed by atoms with Crippen LogP contribution in [0.15, 0.2) is 29.1 Å². The first-order valence-corrected chi connectivity index (χ1v) is 8.90. The first-order chi connectivity index (χ1) is 11.6. The van der Waals surface area contributed by atoms with Gasteiger partial charge in [-0.3, -0.25) is 9.59 Å². The number of hydrogen-bond acceptors (Lipinski definition) is 3. The molecule has 0 bridgehead atoms. The van der Waals surface area contributed by atoms with Gasteiger partial charge in [-0.15, -0.1) is 0 Å². The Morgan fingerprint density at radius 3 is 2.67 bits per heavy atom. The highest BCUT2D eigenvalue weighted by Gasteiger charge is 2.15. The van der Waals surface area contributed by atoms with E-state index in [0.29, 0.717) is 24.7 Å². The Balaban J connectivity index is 1.70. The molecule has 1 aliphatic carbocycles. The van der Waals surface area contributed by atoms with Gasteiger partial charge in [0.15, 0.2) is 0 Å². The molecule has 1 saturated carbocycles. The molecule has 0 aliphatic heterocycles.